The van der Waals surface area contributed by atoms with Gasteiger partial charge in [0.25, 0.3) is 0 Å². The molecule has 14 aromatic carbocycles. The van der Waals surface area contributed by atoms with Crippen LogP contribution in [0.4, 0.5) is 28.4 Å². The Hall–Kier alpha value is -12.0. The summed E-state index contributed by atoms with van der Waals surface area (Å²) in [6.07, 6.45) is 5.93. The fourth-order valence-corrected chi connectivity index (χ4v) is 19.9. The van der Waals surface area contributed by atoms with Crippen molar-refractivity contribution in [2.75, 3.05) is 16.0 Å². The van der Waals surface area contributed by atoms with Crippen molar-refractivity contribution in [3.8, 4) is 55.6 Å². The van der Waals surface area contributed by atoms with Crippen LogP contribution in [0.5, 0.6) is 0 Å². The Morgan fingerprint density at radius 1 is 0.269 bits per heavy atom. The lowest BCUT2D eigenvalue weighted by Gasteiger charge is -2.34. The zero-order chi connectivity index (χ0) is 73.5. The van der Waals surface area contributed by atoms with Gasteiger partial charge in [-0.25, -0.2) is 0 Å². The van der Waals surface area contributed by atoms with E-state index in [0.29, 0.717) is 6.04 Å². The normalized spacial score (nSPS) is 16.5. The summed E-state index contributed by atoms with van der Waals surface area (Å²) in [6.45, 7) is 20.8. The van der Waals surface area contributed by atoms with Crippen LogP contribution in [-0.2, 0) is 32.5 Å². The molecule has 3 nitrogen and oxygen atoms in total. The number of nitrogens with one attached hydrogen (secondary N) is 3. The molecular weight excluding hydrogens is 1300 g/mol. The van der Waals surface area contributed by atoms with Crippen LogP contribution in [0.2, 0.25) is 0 Å². The molecule has 21 rings (SSSR count). The minimum absolute atomic E-state index is 0.0288. The van der Waals surface area contributed by atoms with Crippen molar-refractivity contribution in [1.82, 2.24) is 0 Å². The van der Waals surface area contributed by atoms with E-state index in [-0.39, 0.29) is 27.1 Å². The van der Waals surface area contributed by atoms with E-state index in [2.05, 4.69) is 418 Å². The van der Waals surface area contributed by atoms with Crippen molar-refractivity contribution in [3.63, 3.8) is 0 Å². The predicted octanol–water partition coefficient (Wildman–Crippen LogP) is 26.6. The van der Waals surface area contributed by atoms with Crippen molar-refractivity contribution in [3.05, 3.63) is 429 Å². The summed E-state index contributed by atoms with van der Waals surface area (Å²) in [5.41, 5.74) is 42.0. The van der Waals surface area contributed by atoms with E-state index in [1.165, 1.54) is 156 Å². The fraction of sp³-hybridized carbons (Fsp3) is 0.162. The van der Waals surface area contributed by atoms with E-state index >= 15 is 0 Å². The van der Waals surface area contributed by atoms with E-state index in [0.717, 1.165) is 29.2 Å². The van der Waals surface area contributed by atoms with E-state index < -0.39 is 5.41 Å². The van der Waals surface area contributed by atoms with Gasteiger partial charge < -0.3 is 16.0 Å². The van der Waals surface area contributed by atoms with Gasteiger partial charge in [-0.1, -0.05) is 341 Å². The highest BCUT2D eigenvalue weighted by atomic mass is 14.9. The van der Waals surface area contributed by atoms with Crippen molar-refractivity contribution >= 4 is 34.0 Å². The molecule has 524 valence electrons. The van der Waals surface area contributed by atoms with Crippen molar-refractivity contribution in [2.45, 2.75) is 107 Å². The largest absolute Gasteiger partial charge is 0.379 e. The average Bonchev–Trinajstić information content (AvgIpc) is 1.51. The second-order valence-electron chi connectivity index (χ2n) is 33.2. The number of fused-ring (bicyclic) bond motifs is 22. The molecule has 0 aromatic heterocycles. The van der Waals surface area contributed by atoms with Crippen LogP contribution in [0.3, 0.4) is 0 Å². The molecule has 7 aliphatic carbocycles. The summed E-state index contributed by atoms with van der Waals surface area (Å²) in [5.74, 6) is 0. The minimum atomic E-state index is -0.395. The van der Waals surface area contributed by atoms with Crippen molar-refractivity contribution in [2.24, 2.45) is 0 Å². The lowest BCUT2D eigenvalue weighted by atomic mass is 9.67. The Labute approximate surface area is 637 Å². The summed E-state index contributed by atoms with van der Waals surface area (Å²) in [6, 6.07) is 121. The molecule has 108 heavy (non-hydrogen) atoms. The zero-order valence-corrected chi connectivity index (χ0v) is 63.1. The molecule has 0 saturated heterocycles. The SMILES string of the molecule is CC(C)(C)c1ccc(Nc2ccc3c(c2)C2(c4ccccc4-c4ccccc42)c2ccccc2-3)cc1.CC1(C)C2=CC(Nc3ccc4c(c3)C(C)(C)c3ccccc3-4)CC=C2c2ccccc21.CC1(C)c2ccccc2-c2ccc(Nc3ccc4c(c3)C(c3ccccc3)(c3ccccc3)c3ccccc3-4)cc21. The number of hydrogen-bond acceptors (Lipinski definition) is 3. The molecule has 1 spiro atoms. The Bertz CT molecular complexity index is 5910. The summed E-state index contributed by atoms with van der Waals surface area (Å²) in [4.78, 5) is 0. The third-order valence-corrected chi connectivity index (χ3v) is 25.1. The Balaban J connectivity index is 0.000000111. The van der Waals surface area contributed by atoms with Crippen molar-refractivity contribution in [1.29, 1.82) is 0 Å². The van der Waals surface area contributed by atoms with Crippen molar-refractivity contribution < 1.29 is 0 Å². The van der Waals surface area contributed by atoms with E-state index in [9.17, 15) is 0 Å². The number of allylic oxidation sites excluding steroid dienone is 2. The Morgan fingerprint density at radius 2 is 0.574 bits per heavy atom. The Kier molecular flexibility index (Phi) is 15.5. The summed E-state index contributed by atoms with van der Waals surface area (Å²) >= 11 is 0. The molecule has 0 fully saturated rings. The summed E-state index contributed by atoms with van der Waals surface area (Å²) < 4.78 is 0. The molecule has 0 aliphatic heterocycles. The highest BCUT2D eigenvalue weighted by Gasteiger charge is 2.52. The first-order chi connectivity index (χ1) is 52.4. The smallest absolute Gasteiger partial charge is 0.0726 e. The zero-order valence-electron chi connectivity index (χ0n) is 63.1. The third-order valence-electron chi connectivity index (χ3n) is 25.1. The van der Waals surface area contributed by atoms with Crippen LogP contribution in [0.15, 0.2) is 345 Å². The average molecular weight is 1390 g/mol. The molecular formula is C105H89N3. The quantitative estimate of drug-likeness (QED) is 0.142. The first-order valence-corrected chi connectivity index (χ1v) is 38.7. The highest BCUT2D eigenvalue weighted by Crippen LogP contribution is 2.64. The summed E-state index contributed by atoms with van der Waals surface area (Å²) in [7, 11) is 0. The lowest BCUT2D eigenvalue weighted by Crippen LogP contribution is -2.28. The van der Waals surface area contributed by atoms with Gasteiger partial charge in [0.05, 0.1) is 10.8 Å². The fourth-order valence-electron chi connectivity index (χ4n) is 19.9. The molecule has 7 aliphatic rings. The van der Waals surface area contributed by atoms with E-state index in [1.807, 2.05) is 0 Å². The molecule has 0 amide bonds. The molecule has 14 aromatic rings. The lowest BCUT2D eigenvalue weighted by molar-refractivity contribution is 0.590. The van der Waals surface area contributed by atoms with Gasteiger partial charge >= 0.3 is 0 Å². The number of rotatable bonds is 8. The third kappa shape index (κ3) is 10.2. The van der Waals surface area contributed by atoms with Crippen LogP contribution in [0.1, 0.15) is 152 Å². The molecule has 0 saturated carbocycles. The van der Waals surface area contributed by atoms with Crippen LogP contribution in [0, 0.1) is 0 Å². The van der Waals surface area contributed by atoms with Gasteiger partial charge in [-0.2, -0.15) is 0 Å². The maximum atomic E-state index is 3.83. The number of benzene rings is 14. The molecule has 0 heterocycles. The molecule has 1 atom stereocenters. The number of anilines is 5. The van der Waals surface area contributed by atoms with Gasteiger partial charge in [0.15, 0.2) is 0 Å². The van der Waals surface area contributed by atoms with E-state index in [4.69, 9.17) is 0 Å². The van der Waals surface area contributed by atoms with Gasteiger partial charge in [0, 0.05) is 50.7 Å². The van der Waals surface area contributed by atoms with Gasteiger partial charge in [-0.3, -0.25) is 0 Å². The van der Waals surface area contributed by atoms with Crippen LogP contribution >= 0.6 is 0 Å². The van der Waals surface area contributed by atoms with Gasteiger partial charge in [0.2, 0.25) is 0 Å². The highest BCUT2D eigenvalue weighted by molar-refractivity contribution is 5.97. The maximum absolute atomic E-state index is 3.83. The molecule has 0 bridgehead atoms. The van der Waals surface area contributed by atoms with Gasteiger partial charge in [-0.15, -0.1) is 0 Å². The minimum Gasteiger partial charge on any atom is -0.379 e. The molecule has 3 heteroatoms. The standard InChI is InChI=1S/C40H31N.C35H29N.C30H29N/c1-39(2)35-19-11-9-17-31(35)33-23-21-29(25-37(33)39)41-30-22-24-34-32-18-10-12-20-36(32)40(38(34)26-30,27-13-5-3-6-14-27)28-15-7-4-8-16-28;1-34(2,3)23-16-18-24(19-17-23)36-25-20-21-29-28-12-6-9-15-32(28)35(33(29)22-25)30-13-7-4-10-26(30)27-11-5-8-14-31(27)35;1-29(2)25-11-7-5-9-21(25)23-15-13-19(17-27(23)29)31-20-14-16-24-22-10-6-8-12-26(22)30(3,4)28(24)18-20/h3-26,41H,1-2H3;4-22,36H,1-3H3;5-13,15-18,20,31H,14H2,1-4H3. The molecule has 0 radical (unpaired) electrons. The van der Waals surface area contributed by atoms with Crippen LogP contribution < -0.4 is 16.0 Å². The second kappa shape index (κ2) is 25.0. The maximum Gasteiger partial charge on any atom is 0.0726 e. The summed E-state index contributed by atoms with van der Waals surface area (Å²) in [5, 5.41) is 11.3. The molecule has 3 N–H and O–H groups in total. The Morgan fingerprint density at radius 3 is 1.01 bits per heavy atom. The second-order valence-corrected chi connectivity index (χ2v) is 33.2. The van der Waals surface area contributed by atoms with Crippen LogP contribution in [-0.4, -0.2) is 6.04 Å². The van der Waals surface area contributed by atoms with Gasteiger partial charge in [-0.05, 0) is 223 Å². The molecule has 1 unspecified atom stereocenters. The van der Waals surface area contributed by atoms with E-state index in [1.54, 1.807) is 0 Å². The van der Waals surface area contributed by atoms with Gasteiger partial charge in [0.1, 0.15) is 0 Å². The topological polar surface area (TPSA) is 36.1 Å². The predicted molar refractivity (Wildman–Crippen MR) is 454 cm³/mol. The first kappa shape index (κ1) is 66.6. The first-order valence-electron chi connectivity index (χ1n) is 38.7. The number of hydrogen-bond donors (Lipinski definition) is 3. The van der Waals surface area contributed by atoms with Crippen LogP contribution in [0.25, 0.3) is 61.2 Å². The monoisotopic (exact) mass is 1390 g/mol.